The predicted octanol–water partition coefficient (Wildman–Crippen LogP) is 4.42. The average Bonchev–Trinajstić information content (AvgIpc) is 2.78. The third kappa shape index (κ3) is 4.81. The number of anilines is 1. The Balaban J connectivity index is 1.44. The molecule has 156 valence electrons. The molecule has 3 aromatic carbocycles. The molecule has 30 heavy (non-hydrogen) atoms. The minimum atomic E-state index is -0.251. The molecule has 1 heterocycles. The highest BCUT2D eigenvalue weighted by Gasteiger charge is 2.17. The van der Waals surface area contributed by atoms with Crippen molar-refractivity contribution in [2.45, 2.75) is 19.4 Å². The fourth-order valence-electron chi connectivity index (χ4n) is 3.81. The van der Waals surface area contributed by atoms with Crippen molar-refractivity contribution in [3.63, 3.8) is 0 Å². The van der Waals surface area contributed by atoms with E-state index in [0.717, 1.165) is 60.6 Å². The van der Waals surface area contributed by atoms with Crippen LogP contribution < -0.4 is 10.1 Å². The van der Waals surface area contributed by atoms with Crippen molar-refractivity contribution in [1.82, 2.24) is 4.90 Å². The van der Waals surface area contributed by atoms with Crippen LogP contribution in [-0.4, -0.2) is 44.2 Å². The zero-order chi connectivity index (χ0) is 20.9. The van der Waals surface area contributed by atoms with E-state index in [1.54, 1.807) is 7.11 Å². The van der Waals surface area contributed by atoms with Crippen LogP contribution in [0.5, 0.6) is 5.75 Å². The number of carbonyl (C=O) groups is 1. The highest BCUT2D eigenvalue weighted by molar-refractivity contribution is 5.96. The van der Waals surface area contributed by atoms with E-state index in [2.05, 4.69) is 28.4 Å². The van der Waals surface area contributed by atoms with Gasteiger partial charge in [0.05, 0.1) is 26.2 Å². The van der Waals surface area contributed by atoms with Gasteiger partial charge in [0.1, 0.15) is 5.75 Å². The van der Waals surface area contributed by atoms with E-state index in [4.69, 9.17) is 9.47 Å². The van der Waals surface area contributed by atoms with E-state index in [9.17, 15) is 4.79 Å². The lowest BCUT2D eigenvalue weighted by Gasteiger charge is -2.26. The summed E-state index contributed by atoms with van der Waals surface area (Å²) >= 11 is 0. The van der Waals surface area contributed by atoms with Gasteiger partial charge in [-0.3, -0.25) is 9.69 Å². The summed E-state index contributed by atoms with van der Waals surface area (Å²) in [6.07, 6.45) is 0. The van der Waals surface area contributed by atoms with Gasteiger partial charge in [-0.05, 0) is 53.1 Å². The summed E-state index contributed by atoms with van der Waals surface area (Å²) in [5.41, 5.74) is 3.03. The second kappa shape index (κ2) is 9.28. The Morgan fingerprint density at radius 2 is 1.83 bits per heavy atom. The number of hydrogen-bond acceptors (Lipinski definition) is 4. The quantitative estimate of drug-likeness (QED) is 0.661. The summed E-state index contributed by atoms with van der Waals surface area (Å²) in [4.78, 5) is 15.3. The maximum absolute atomic E-state index is 12.9. The van der Waals surface area contributed by atoms with Gasteiger partial charge in [-0.1, -0.05) is 36.4 Å². The summed E-state index contributed by atoms with van der Waals surface area (Å²) in [5, 5.41) is 5.28. The molecule has 0 radical (unpaired) electrons. The van der Waals surface area contributed by atoms with Crippen molar-refractivity contribution in [2.75, 3.05) is 38.7 Å². The topological polar surface area (TPSA) is 50.8 Å². The Hall–Kier alpha value is -2.89. The monoisotopic (exact) mass is 404 g/mol. The van der Waals surface area contributed by atoms with Crippen LogP contribution in [0, 0.1) is 0 Å². The number of morpholine rings is 1. The van der Waals surface area contributed by atoms with Crippen LogP contribution in [0.1, 0.15) is 24.0 Å². The Labute approximate surface area is 177 Å². The number of carbonyl (C=O) groups excluding carboxylic acids is 1. The minimum Gasteiger partial charge on any atom is -0.497 e. The molecule has 0 bridgehead atoms. The molecule has 0 aromatic heterocycles. The number of amides is 1. The molecule has 5 heteroatoms. The molecule has 1 atom stereocenters. The molecule has 0 unspecified atom stereocenters. The van der Waals surface area contributed by atoms with Crippen LogP contribution in [0.25, 0.3) is 10.8 Å². The molecule has 4 rings (SSSR count). The number of fused-ring (bicyclic) bond motifs is 1. The fraction of sp³-hybridized carbons (Fsp3) is 0.320. The number of methoxy groups -OCH3 is 1. The Bertz CT molecular complexity index is 1030. The van der Waals surface area contributed by atoms with Gasteiger partial charge < -0.3 is 14.8 Å². The largest absolute Gasteiger partial charge is 0.497 e. The van der Waals surface area contributed by atoms with E-state index >= 15 is 0 Å². The van der Waals surface area contributed by atoms with Crippen molar-refractivity contribution in [3.05, 3.63) is 71.8 Å². The number of nitrogens with one attached hydrogen (secondary N) is 1. The number of rotatable bonds is 6. The van der Waals surface area contributed by atoms with Gasteiger partial charge in [0.15, 0.2) is 0 Å². The standard InChI is InChI=1S/C25H28N2O3/c1-18(20-6-7-22-16-24(29-2)9-8-21(22)15-20)25(28)26-23-5-3-4-19(14-23)17-27-10-12-30-13-11-27/h3-9,14-16,18H,10-13,17H2,1-2H3,(H,26,28)/t18-/m0/s1. The molecule has 3 aromatic rings. The maximum atomic E-state index is 12.9. The van der Waals surface area contributed by atoms with Gasteiger partial charge in [0, 0.05) is 25.3 Å². The lowest BCUT2D eigenvalue weighted by molar-refractivity contribution is -0.117. The molecule has 5 nitrogen and oxygen atoms in total. The zero-order valence-electron chi connectivity index (χ0n) is 17.6. The summed E-state index contributed by atoms with van der Waals surface area (Å²) < 4.78 is 10.7. The molecule has 1 aliphatic heterocycles. The zero-order valence-corrected chi connectivity index (χ0v) is 17.6. The molecule has 0 saturated carbocycles. The van der Waals surface area contributed by atoms with Crippen LogP contribution in [-0.2, 0) is 16.1 Å². The molecule has 0 spiro atoms. The molecule has 1 fully saturated rings. The summed E-state index contributed by atoms with van der Waals surface area (Å²) in [5.74, 6) is 0.573. The van der Waals surface area contributed by atoms with E-state index in [1.165, 1.54) is 5.56 Å². The van der Waals surface area contributed by atoms with Gasteiger partial charge in [0.2, 0.25) is 5.91 Å². The van der Waals surface area contributed by atoms with Crippen molar-refractivity contribution >= 4 is 22.4 Å². The molecule has 1 N–H and O–H groups in total. The first-order chi connectivity index (χ1) is 14.6. The van der Waals surface area contributed by atoms with Gasteiger partial charge in [-0.25, -0.2) is 0 Å². The number of hydrogen-bond donors (Lipinski definition) is 1. The molecule has 0 aliphatic carbocycles. The van der Waals surface area contributed by atoms with Crippen molar-refractivity contribution in [2.24, 2.45) is 0 Å². The van der Waals surface area contributed by atoms with Gasteiger partial charge in [-0.2, -0.15) is 0 Å². The van der Waals surface area contributed by atoms with Crippen LogP contribution in [0.2, 0.25) is 0 Å². The summed E-state index contributed by atoms with van der Waals surface area (Å²) in [6, 6.07) is 20.2. The average molecular weight is 405 g/mol. The van der Waals surface area contributed by atoms with E-state index in [-0.39, 0.29) is 11.8 Å². The number of ether oxygens (including phenoxy) is 2. The Morgan fingerprint density at radius 1 is 1.07 bits per heavy atom. The third-order valence-corrected chi connectivity index (χ3v) is 5.67. The van der Waals surface area contributed by atoms with Gasteiger partial charge in [-0.15, -0.1) is 0 Å². The first-order valence-electron chi connectivity index (χ1n) is 10.4. The SMILES string of the molecule is COc1ccc2cc([C@H](C)C(=O)Nc3cccc(CN4CCOCC4)c3)ccc2c1. The lowest BCUT2D eigenvalue weighted by Crippen LogP contribution is -2.35. The van der Waals surface area contributed by atoms with E-state index < -0.39 is 0 Å². The maximum Gasteiger partial charge on any atom is 0.231 e. The van der Waals surface area contributed by atoms with Crippen LogP contribution >= 0.6 is 0 Å². The van der Waals surface area contributed by atoms with E-state index in [1.807, 2.05) is 49.4 Å². The first-order valence-corrected chi connectivity index (χ1v) is 10.4. The second-order valence-electron chi connectivity index (χ2n) is 7.77. The smallest absolute Gasteiger partial charge is 0.231 e. The van der Waals surface area contributed by atoms with E-state index in [0.29, 0.717) is 0 Å². The highest BCUT2D eigenvalue weighted by atomic mass is 16.5. The molecular weight excluding hydrogens is 376 g/mol. The van der Waals surface area contributed by atoms with Crippen molar-refractivity contribution in [1.29, 1.82) is 0 Å². The molecule has 1 aliphatic rings. The summed E-state index contributed by atoms with van der Waals surface area (Å²) in [7, 11) is 1.66. The highest BCUT2D eigenvalue weighted by Crippen LogP contribution is 2.26. The van der Waals surface area contributed by atoms with Crippen LogP contribution in [0.4, 0.5) is 5.69 Å². The fourth-order valence-corrected chi connectivity index (χ4v) is 3.81. The van der Waals surface area contributed by atoms with Crippen LogP contribution in [0.3, 0.4) is 0 Å². The van der Waals surface area contributed by atoms with Gasteiger partial charge >= 0.3 is 0 Å². The second-order valence-corrected chi connectivity index (χ2v) is 7.77. The molecular formula is C25H28N2O3. The molecule has 1 saturated heterocycles. The Kier molecular flexibility index (Phi) is 6.31. The Morgan fingerprint density at radius 3 is 2.63 bits per heavy atom. The number of nitrogens with zero attached hydrogens (tertiary/aromatic N) is 1. The lowest BCUT2D eigenvalue weighted by atomic mass is 9.97. The number of benzene rings is 3. The predicted molar refractivity (Wildman–Crippen MR) is 120 cm³/mol. The van der Waals surface area contributed by atoms with Crippen molar-refractivity contribution < 1.29 is 14.3 Å². The first kappa shape index (κ1) is 20.4. The van der Waals surface area contributed by atoms with Gasteiger partial charge in [0.25, 0.3) is 0 Å². The normalized spacial score (nSPS) is 15.7. The third-order valence-electron chi connectivity index (χ3n) is 5.67. The van der Waals surface area contributed by atoms with Crippen molar-refractivity contribution in [3.8, 4) is 5.75 Å². The summed E-state index contributed by atoms with van der Waals surface area (Å²) in [6.45, 7) is 6.27. The van der Waals surface area contributed by atoms with Crippen LogP contribution in [0.15, 0.2) is 60.7 Å². The molecule has 1 amide bonds. The minimum absolute atomic E-state index is 0.00798.